The lowest BCUT2D eigenvalue weighted by Gasteiger charge is -2.22. The fourth-order valence-electron chi connectivity index (χ4n) is 2.93. The Hall–Kier alpha value is -2.12. The van der Waals surface area contributed by atoms with Gasteiger partial charge in [-0.3, -0.25) is 9.59 Å². The summed E-state index contributed by atoms with van der Waals surface area (Å²) < 4.78 is 5.20. The Morgan fingerprint density at radius 2 is 2.08 bits per heavy atom. The van der Waals surface area contributed by atoms with Gasteiger partial charge in [-0.05, 0) is 24.1 Å². The molecule has 1 heterocycles. The van der Waals surface area contributed by atoms with Gasteiger partial charge in [0.15, 0.2) is 0 Å². The van der Waals surface area contributed by atoms with Crippen LogP contribution in [-0.4, -0.2) is 53.6 Å². The van der Waals surface area contributed by atoms with E-state index in [1.54, 1.807) is 6.07 Å². The van der Waals surface area contributed by atoms with Gasteiger partial charge in [0, 0.05) is 32.2 Å². The van der Waals surface area contributed by atoms with Crippen molar-refractivity contribution in [3.8, 4) is 0 Å². The Bertz CT molecular complexity index is 707. The highest BCUT2D eigenvalue weighted by Crippen LogP contribution is 2.27. The van der Waals surface area contributed by atoms with Gasteiger partial charge in [0.05, 0.1) is 16.7 Å². The number of benzene rings is 1. The van der Waals surface area contributed by atoms with E-state index in [1.165, 1.54) is 24.1 Å². The number of nitrogens with zero attached hydrogens (tertiary/aromatic N) is 1. The molecule has 0 aromatic heterocycles. The highest BCUT2D eigenvalue weighted by Gasteiger charge is 2.40. The van der Waals surface area contributed by atoms with Crippen LogP contribution in [0.25, 0.3) is 0 Å². The molecule has 1 aromatic carbocycles. The molecule has 2 N–H and O–H groups in total. The molecular weight excluding hydrogens is 360 g/mol. The number of ether oxygens (including phenoxy) is 1. The molecule has 142 valence electrons. The van der Waals surface area contributed by atoms with Crippen molar-refractivity contribution >= 4 is 35.1 Å². The van der Waals surface area contributed by atoms with Crippen LogP contribution in [0.2, 0.25) is 5.02 Å². The SMILES string of the molecule is COC1CC(C(=O)O)N(C(=O)c2cc(NC(=O)CC(C)C)ccc2Cl)C1. The van der Waals surface area contributed by atoms with Crippen molar-refractivity contribution in [2.45, 2.75) is 38.8 Å². The van der Waals surface area contributed by atoms with E-state index >= 15 is 0 Å². The van der Waals surface area contributed by atoms with E-state index < -0.39 is 17.9 Å². The van der Waals surface area contributed by atoms with E-state index in [4.69, 9.17) is 16.3 Å². The quantitative estimate of drug-likeness (QED) is 0.788. The van der Waals surface area contributed by atoms with Gasteiger partial charge in [-0.15, -0.1) is 0 Å². The van der Waals surface area contributed by atoms with Crippen molar-refractivity contribution in [2.24, 2.45) is 5.92 Å². The predicted molar refractivity (Wildman–Crippen MR) is 97.4 cm³/mol. The highest BCUT2D eigenvalue weighted by molar-refractivity contribution is 6.34. The lowest BCUT2D eigenvalue weighted by Crippen LogP contribution is -2.40. The number of hydrogen-bond donors (Lipinski definition) is 2. The van der Waals surface area contributed by atoms with Crippen molar-refractivity contribution < 1.29 is 24.2 Å². The molecule has 2 amide bonds. The summed E-state index contributed by atoms with van der Waals surface area (Å²) in [6, 6.07) is 3.62. The third kappa shape index (κ3) is 4.74. The van der Waals surface area contributed by atoms with Gasteiger partial charge in [-0.1, -0.05) is 25.4 Å². The normalized spacial score (nSPS) is 19.7. The number of likely N-dealkylation sites (tertiary alicyclic amines) is 1. The minimum absolute atomic E-state index is 0.150. The molecule has 2 unspecified atom stereocenters. The van der Waals surface area contributed by atoms with E-state index in [2.05, 4.69) is 5.32 Å². The molecule has 1 saturated heterocycles. The van der Waals surface area contributed by atoms with Gasteiger partial charge in [0.1, 0.15) is 6.04 Å². The summed E-state index contributed by atoms with van der Waals surface area (Å²) in [7, 11) is 1.48. The maximum Gasteiger partial charge on any atom is 0.326 e. The van der Waals surface area contributed by atoms with E-state index in [0.717, 1.165) is 0 Å². The number of carbonyl (C=O) groups is 3. The van der Waals surface area contributed by atoms with Crippen molar-refractivity contribution in [1.29, 1.82) is 0 Å². The second kappa shape index (κ2) is 8.51. The first-order valence-electron chi connectivity index (χ1n) is 8.38. The zero-order valence-electron chi connectivity index (χ0n) is 15.0. The average molecular weight is 383 g/mol. The molecule has 1 aliphatic rings. The lowest BCUT2D eigenvalue weighted by molar-refractivity contribution is -0.141. The number of nitrogens with one attached hydrogen (secondary N) is 1. The van der Waals surface area contributed by atoms with Crippen molar-refractivity contribution in [3.63, 3.8) is 0 Å². The topological polar surface area (TPSA) is 95.9 Å². The summed E-state index contributed by atoms with van der Waals surface area (Å²) in [6.45, 7) is 4.04. The van der Waals surface area contributed by atoms with Gasteiger partial charge in [-0.25, -0.2) is 4.79 Å². The van der Waals surface area contributed by atoms with Gasteiger partial charge >= 0.3 is 5.97 Å². The molecule has 2 rings (SSSR count). The first kappa shape index (κ1) is 20.2. The summed E-state index contributed by atoms with van der Waals surface area (Å²) in [5.74, 6) is -1.54. The monoisotopic (exact) mass is 382 g/mol. The summed E-state index contributed by atoms with van der Waals surface area (Å²) in [5, 5.41) is 12.3. The molecule has 1 aliphatic heterocycles. The molecule has 0 aliphatic carbocycles. The second-order valence-electron chi connectivity index (χ2n) is 6.75. The first-order chi connectivity index (χ1) is 12.2. The van der Waals surface area contributed by atoms with Gasteiger partial charge in [0.2, 0.25) is 5.91 Å². The third-order valence-corrected chi connectivity index (χ3v) is 4.55. The Morgan fingerprint density at radius 3 is 2.65 bits per heavy atom. The number of aliphatic carboxylic acids is 1. The molecule has 0 radical (unpaired) electrons. The maximum absolute atomic E-state index is 12.9. The second-order valence-corrected chi connectivity index (χ2v) is 7.15. The molecule has 0 bridgehead atoms. The van der Waals surface area contributed by atoms with Crippen molar-refractivity contribution in [3.05, 3.63) is 28.8 Å². The van der Waals surface area contributed by atoms with Crippen LogP contribution >= 0.6 is 11.6 Å². The van der Waals surface area contributed by atoms with Crippen LogP contribution in [0.4, 0.5) is 5.69 Å². The summed E-state index contributed by atoms with van der Waals surface area (Å²) >= 11 is 6.15. The van der Waals surface area contributed by atoms with Crippen molar-refractivity contribution in [1.82, 2.24) is 4.90 Å². The number of methoxy groups -OCH3 is 1. The Morgan fingerprint density at radius 1 is 1.38 bits per heavy atom. The number of anilines is 1. The summed E-state index contributed by atoms with van der Waals surface area (Å²) in [4.78, 5) is 37.5. The van der Waals surface area contributed by atoms with Crippen LogP contribution in [0.5, 0.6) is 0 Å². The number of hydrogen-bond acceptors (Lipinski definition) is 4. The van der Waals surface area contributed by atoms with Gasteiger partial charge in [-0.2, -0.15) is 0 Å². The fourth-order valence-corrected chi connectivity index (χ4v) is 3.13. The van der Waals surface area contributed by atoms with E-state index in [1.807, 2.05) is 13.8 Å². The van der Waals surface area contributed by atoms with Crippen LogP contribution in [-0.2, 0) is 14.3 Å². The molecule has 1 aromatic rings. The van der Waals surface area contributed by atoms with Crippen LogP contribution in [0.15, 0.2) is 18.2 Å². The molecule has 26 heavy (non-hydrogen) atoms. The lowest BCUT2D eigenvalue weighted by atomic mass is 10.1. The van der Waals surface area contributed by atoms with E-state index in [-0.39, 0.29) is 41.5 Å². The third-order valence-electron chi connectivity index (χ3n) is 4.22. The fraction of sp³-hybridized carbons (Fsp3) is 0.500. The minimum Gasteiger partial charge on any atom is -0.480 e. The Balaban J connectivity index is 2.23. The number of rotatable bonds is 6. The summed E-state index contributed by atoms with van der Waals surface area (Å²) in [5.41, 5.74) is 0.592. The molecule has 0 saturated carbocycles. The van der Waals surface area contributed by atoms with Crippen LogP contribution in [0, 0.1) is 5.92 Å². The minimum atomic E-state index is -1.09. The first-order valence-corrected chi connectivity index (χ1v) is 8.76. The summed E-state index contributed by atoms with van der Waals surface area (Å²) in [6.07, 6.45) is 0.238. The van der Waals surface area contributed by atoms with E-state index in [9.17, 15) is 19.5 Å². The van der Waals surface area contributed by atoms with Crippen LogP contribution in [0.1, 0.15) is 37.0 Å². The van der Waals surface area contributed by atoms with Gasteiger partial charge in [0.25, 0.3) is 5.91 Å². The highest BCUT2D eigenvalue weighted by atomic mass is 35.5. The Labute approximate surface area is 157 Å². The molecule has 7 nitrogen and oxygen atoms in total. The number of carboxylic acids is 1. The maximum atomic E-state index is 12.9. The molecule has 1 fully saturated rings. The number of carboxylic acid groups (broad SMARTS) is 1. The van der Waals surface area contributed by atoms with E-state index in [0.29, 0.717) is 12.1 Å². The smallest absolute Gasteiger partial charge is 0.326 e. The average Bonchev–Trinajstić information content (AvgIpc) is 3.00. The number of carbonyl (C=O) groups excluding carboxylic acids is 2. The zero-order valence-corrected chi connectivity index (χ0v) is 15.7. The molecule has 2 atom stereocenters. The molecule has 0 spiro atoms. The predicted octanol–water partition coefficient (Wildman–Crippen LogP) is 2.64. The van der Waals surface area contributed by atoms with Gasteiger partial charge < -0.3 is 20.1 Å². The Kier molecular flexibility index (Phi) is 6.61. The van der Waals surface area contributed by atoms with Crippen molar-refractivity contribution in [2.75, 3.05) is 19.0 Å². The number of halogens is 1. The van der Waals surface area contributed by atoms with Crippen LogP contribution < -0.4 is 5.32 Å². The molecular formula is C18H23ClN2O5. The van der Waals surface area contributed by atoms with Crippen LogP contribution in [0.3, 0.4) is 0 Å². The molecule has 8 heteroatoms. The largest absolute Gasteiger partial charge is 0.480 e. The zero-order chi connectivity index (χ0) is 19.4. The standard InChI is InChI=1S/C18H23ClN2O5/c1-10(2)6-16(22)20-11-4-5-14(19)13(7-11)17(23)21-9-12(26-3)8-15(21)18(24)25/h4-5,7,10,12,15H,6,8-9H2,1-3H3,(H,20,22)(H,24,25). The number of amides is 2.